The number of carbonyl (C=O) groups excluding carboxylic acids is 2. The number of nitro groups is 1. The molecule has 142 valence electrons. The molecule has 0 unspecified atom stereocenters. The molecule has 1 amide bonds. The fraction of sp³-hybridized carbons (Fsp3) is 0.0556. The van der Waals surface area contributed by atoms with Crippen molar-refractivity contribution in [2.75, 3.05) is 7.11 Å². The zero-order valence-corrected chi connectivity index (χ0v) is 16.0. The summed E-state index contributed by atoms with van der Waals surface area (Å²) >= 11 is 6.10. The number of thiocarbonyl (C=S) groups is 1. The van der Waals surface area contributed by atoms with Gasteiger partial charge in [-0.25, -0.2) is 4.79 Å². The monoisotopic (exact) mass is 416 g/mol. The van der Waals surface area contributed by atoms with Crippen molar-refractivity contribution in [1.82, 2.24) is 5.32 Å². The second-order valence-electron chi connectivity index (χ2n) is 5.46. The van der Waals surface area contributed by atoms with E-state index in [9.17, 15) is 19.7 Å². The van der Waals surface area contributed by atoms with E-state index in [0.29, 0.717) is 14.8 Å². The summed E-state index contributed by atoms with van der Waals surface area (Å²) in [6, 6.07) is 9.86. The van der Waals surface area contributed by atoms with Gasteiger partial charge in [-0.3, -0.25) is 14.9 Å². The Morgan fingerprint density at radius 2 is 1.93 bits per heavy atom. The van der Waals surface area contributed by atoms with Crippen molar-refractivity contribution >= 4 is 51.9 Å². The lowest BCUT2D eigenvalue weighted by Crippen LogP contribution is -2.17. The Balaban J connectivity index is 1.79. The number of nitro benzene ring substituents is 1. The number of carbonyl (C=O) groups is 2. The molecule has 1 fully saturated rings. The Hall–Kier alpha value is -3.24. The number of thioether (sulfide) groups is 1. The van der Waals surface area contributed by atoms with Crippen molar-refractivity contribution < 1.29 is 24.0 Å². The molecule has 0 atom stereocenters. The van der Waals surface area contributed by atoms with Crippen LogP contribution in [0.3, 0.4) is 0 Å². The molecular weight excluding hydrogens is 404 g/mol. The largest absolute Gasteiger partial charge is 0.493 e. The molecule has 0 saturated carbocycles. The standard InChI is InChI=1S/C18H12N2O6S2/c1-25-14-8-10(9-15-16(21)19-18(27)28-15)2-7-13(14)26-17(22)11-3-5-12(6-4-11)20(23)24/h2-9H,1H3,(H,19,21,27)/b15-9-. The number of ether oxygens (including phenoxy) is 2. The van der Waals surface area contributed by atoms with Crippen molar-refractivity contribution in [1.29, 1.82) is 0 Å². The number of methoxy groups -OCH3 is 1. The Kier molecular flexibility index (Phi) is 5.71. The van der Waals surface area contributed by atoms with Crippen LogP contribution < -0.4 is 14.8 Å². The second-order valence-corrected chi connectivity index (χ2v) is 7.17. The minimum Gasteiger partial charge on any atom is -0.493 e. The Morgan fingerprint density at radius 3 is 2.50 bits per heavy atom. The van der Waals surface area contributed by atoms with Crippen LogP contribution in [0.25, 0.3) is 6.08 Å². The number of esters is 1. The zero-order chi connectivity index (χ0) is 20.3. The van der Waals surface area contributed by atoms with Crippen LogP contribution in [0.15, 0.2) is 47.4 Å². The molecule has 3 rings (SSSR count). The van der Waals surface area contributed by atoms with Gasteiger partial charge in [-0.05, 0) is 35.9 Å². The highest BCUT2D eigenvalue weighted by atomic mass is 32.2. The first-order valence-electron chi connectivity index (χ1n) is 7.77. The summed E-state index contributed by atoms with van der Waals surface area (Å²) in [5.74, 6) is -0.499. The number of non-ortho nitro benzene ring substituents is 1. The summed E-state index contributed by atoms with van der Waals surface area (Å²) in [6.45, 7) is 0. The highest BCUT2D eigenvalue weighted by Gasteiger charge is 2.22. The molecule has 0 bridgehead atoms. The first-order valence-corrected chi connectivity index (χ1v) is 8.99. The molecule has 0 aromatic heterocycles. The summed E-state index contributed by atoms with van der Waals surface area (Å²) in [4.78, 5) is 34.6. The zero-order valence-electron chi connectivity index (χ0n) is 14.3. The molecule has 1 aliphatic rings. The Bertz CT molecular complexity index is 1020. The predicted octanol–water partition coefficient (Wildman–Crippen LogP) is 3.31. The fourth-order valence-electron chi connectivity index (χ4n) is 2.31. The number of hydrogen-bond donors (Lipinski definition) is 1. The summed E-state index contributed by atoms with van der Waals surface area (Å²) in [5, 5.41) is 13.2. The van der Waals surface area contributed by atoms with Gasteiger partial charge >= 0.3 is 5.97 Å². The quantitative estimate of drug-likeness (QED) is 0.198. The second kappa shape index (κ2) is 8.19. The van der Waals surface area contributed by atoms with E-state index in [4.69, 9.17) is 21.7 Å². The van der Waals surface area contributed by atoms with E-state index in [1.807, 2.05) is 0 Å². The summed E-state index contributed by atoms with van der Waals surface area (Å²) in [7, 11) is 1.42. The third-order valence-electron chi connectivity index (χ3n) is 3.64. The summed E-state index contributed by atoms with van der Waals surface area (Å²) in [5.41, 5.74) is 0.695. The van der Waals surface area contributed by atoms with Crippen LogP contribution in [0, 0.1) is 10.1 Å². The fourth-order valence-corrected chi connectivity index (χ4v) is 3.35. The molecule has 1 aliphatic heterocycles. The van der Waals surface area contributed by atoms with E-state index in [2.05, 4.69) is 5.32 Å². The van der Waals surface area contributed by atoms with Gasteiger partial charge in [0.05, 0.1) is 22.5 Å². The molecule has 1 saturated heterocycles. The molecule has 2 aromatic rings. The van der Waals surface area contributed by atoms with Gasteiger partial charge in [-0.15, -0.1) is 0 Å². The normalized spacial score (nSPS) is 14.7. The van der Waals surface area contributed by atoms with E-state index >= 15 is 0 Å². The van der Waals surface area contributed by atoms with Crippen molar-refractivity contribution in [3.8, 4) is 11.5 Å². The first kappa shape index (κ1) is 19.5. The van der Waals surface area contributed by atoms with Crippen LogP contribution in [0.1, 0.15) is 15.9 Å². The van der Waals surface area contributed by atoms with Crippen LogP contribution in [-0.2, 0) is 4.79 Å². The lowest BCUT2D eigenvalue weighted by molar-refractivity contribution is -0.384. The number of rotatable bonds is 5. The van der Waals surface area contributed by atoms with Crippen LogP contribution in [0.4, 0.5) is 5.69 Å². The number of nitrogens with zero attached hydrogens (tertiary/aromatic N) is 1. The molecule has 0 aliphatic carbocycles. The molecule has 10 heteroatoms. The average Bonchev–Trinajstić information content (AvgIpc) is 2.99. The minimum atomic E-state index is -0.685. The summed E-state index contributed by atoms with van der Waals surface area (Å²) in [6.07, 6.45) is 1.64. The highest BCUT2D eigenvalue weighted by Crippen LogP contribution is 2.32. The molecule has 0 spiro atoms. The van der Waals surface area contributed by atoms with Crippen LogP contribution in [0.2, 0.25) is 0 Å². The van der Waals surface area contributed by atoms with E-state index in [0.717, 1.165) is 11.8 Å². The number of benzene rings is 2. The van der Waals surface area contributed by atoms with Crippen LogP contribution >= 0.6 is 24.0 Å². The molecule has 28 heavy (non-hydrogen) atoms. The number of nitrogens with one attached hydrogen (secondary N) is 1. The Morgan fingerprint density at radius 1 is 1.21 bits per heavy atom. The van der Waals surface area contributed by atoms with E-state index in [1.165, 1.54) is 37.4 Å². The maximum absolute atomic E-state index is 12.3. The van der Waals surface area contributed by atoms with E-state index in [-0.39, 0.29) is 28.7 Å². The Labute approximate surface area is 168 Å². The SMILES string of the molecule is COc1cc(/C=C2\SC(=S)NC2=O)ccc1OC(=O)c1ccc([N+](=O)[O-])cc1. The van der Waals surface area contributed by atoms with Gasteiger partial charge in [0, 0.05) is 12.1 Å². The van der Waals surface area contributed by atoms with E-state index < -0.39 is 10.9 Å². The first-order chi connectivity index (χ1) is 13.4. The van der Waals surface area contributed by atoms with Gasteiger partial charge in [0.15, 0.2) is 11.5 Å². The maximum atomic E-state index is 12.3. The van der Waals surface area contributed by atoms with Gasteiger partial charge in [0.1, 0.15) is 4.32 Å². The predicted molar refractivity (Wildman–Crippen MR) is 107 cm³/mol. The van der Waals surface area contributed by atoms with E-state index in [1.54, 1.807) is 18.2 Å². The summed E-state index contributed by atoms with van der Waals surface area (Å²) < 4.78 is 11.0. The van der Waals surface area contributed by atoms with Crippen molar-refractivity contribution in [3.63, 3.8) is 0 Å². The van der Waals surface area contributed by atoms with Gasteiger partial charge in [0.25, 0.3) is 11.6 Å². The van der Waals surface area contributed by atoms with Gasteiger partial charge in [-0.2, -0.15) is 0 Å². The molecule has 1 heterocycles. The average molecular weight is 416 g/mol. The van der Waals surface area contributed by atoms with Gasteiger partial charge in [-0.1, -0.05) is 30.0 Å². The lowest BCUT2D eigenvalue weighted by atomic mass is 10.1. The molecule has 1 N–H and O–H groups in total. The minimum absolute atomic E-state index is 0.125. The van der Waals surface area contributed by atoms with Crippen molar-refractivity contribution in [2.24, 2.45) is 0 Å². The highest BCUT2D eigenvalue weighted by molar-refractivity contribution is 8.26. The van der Waals surface area contributed by atoms with Crippen molar-refractivity contribution in [2.45, 2.75) is 0 Å². The van der Waals surface area contributed by atoms with Gasteiger partial charge < -0.3 is 14.8 Å². The van der Waals surface area contributed by atoms with Crippen LogP contribution in [-0.4, -0.2) is 28.2 Å². The number of amides is 1. The third kappa shape index (κ3) is 4.35. The lowest BCUT2D eigenvalue weighted by Gasteiger charge is -2.10. The third-order valence-corrected chi connectivity index (χ3v) is 4.81. The van der Waals surface area contributed by atoms with Crippen molar-refractivity contribution in [3.05, 3.63) is 68.6 Å². The maximum Gasteiger partial charge on any atom is 0.343 e. The molecule has 2 aromatic carbocycles. The van der Waals surface area contributed by atoms with Crippen LogP contribution in [0.5, 0.6) is 11.5 Å². The number of hydrogen-bond acceptors (Lipinski definition) is 8. The van der Waals surface area contributed by atoms with Gasteiger partial charge in [0.2, 0.25) is 0 Å². The molecule has 8 nitrogen and oxygen atoms in total. The molecule has 0 radical (unpaired) electrons. The molecular formula is C18H12N2O6S2. The smallest absolute Gasteiger partial charge is 0.343 e. The topological polar surface area (TPSA) is 108 Å².